The van der Waals surface area contributed by atoms with Gasteiger partial charge in [0.1, 0.15) is 5.58 Å². The Hall–Kier alpha value is -2.83. The number of alkyl carbamates (subject to hydrolysis) is 1. The van der Waals surface area contributed by atoms with E-state index < -0.39 is 24.1 Å². The lowest BCUT2D eigenvalue weighted by Crippen LogP contribution is -2.39. The van der Waals surface area contributed by atoms with Crippen molar-refractivity contribution in [3.05, 3.63) is 35.6 Å². The van der Waals surface area contributed by atoms with Gasteiger partial charge in [0.25, 0.3) is 5.91 Å². The van der Waals surface area contributed by atoms with E-state index in [4.69, 9.17) is 9.15 Å². The molecule has 7 nitrogen and oxygen atoms in total. The number of ether oxygens (including phenoxy) is 2. The second kappa shape index (κ2) is 7.63. The van der Waals surface area contributed by atoms with Crippen LogP contribution in [0, 0.1) is 0 Å². The summed E-state index contributed by atoms with van der Waals surface area (Å²) in [6.45, 7) is 3.42. The molecule has 1 aromatic carbocycles. The molecule has 0 aliphatic heterocycles. The summed E-state index contributed by atoms with van der Waals surface area (Å²) in [6, 6.07) is 5.80. The highest BCUT2D eigenvalue weighted by molar-refractivity contribution is 5.95. The van der Waals surface area contributed by atoms with Crippen molar-refractivity contribution in [1.82, 2.24) is 5.32 Å². The average molecular weight is 333 g/mol. The number of amides is 2. The van der Waals surface area contributed by atoms with Gasteiger partial charge in [0.2, 0.25) is 0 Å². The highest BCUT2D eigenvalue weighted by Crippen LogP contribution is 2.23. The number of benzene rings is 1. The van der Waals surface area contributed by atoms with Gasteiger partial charge in [-0.25, -0.2) is 4.79 Å². The predicted octanol–water partition coefficient (Wildman–Crippen LogP) is 2.35. The zero-order valence-electron chi connectivity index (χ0n) is 13.8. The fourth-order valence-corrected chi connectivity index (χ4v) is 2.19. The van der Waals surface area contributed by atoms with Gasteiger partial charge in [-0.05, 0) is 25.0 Å². The first-order chi connectivity index (χ1) is 11.4. The molecule has 24 heavy (non-hydrogen) atoms. The van der Waals surface area contributed by atoms with Crippen molar-refractivity contribution in [2.75, 3.05) is 7.11 Å². The summed E-state index contributed by atoms with van der Waals surface area (Å²) in [4.78, 5) is 34.6. The summed E-state index contributed by atoms with van der Waals surface area (Å²) < 4.78 is 14.8. The number of carbonyl (C=O) groups excluding carboxylic acids is 3. The van der Waals surface area contributed by atoms with E-state index in [1.54, 1.807) is 0 Å². The fourth-order valence-electron chi connectivity index (χ4n) is 2.19. The second-order valence-electron chi connectivity index (χ2n) is 5.23. The Labute approximate surface area is 138 Å². The van der Waals surface area contributed by atoms with Gasteiger partial charge in [0.05, 0.1) is 19.8 Å². The molecule has 0 saturated carbocycles. The number of hydrogen-bond acceptors (Lipinski definition) is 6. The van der Waals surface area contributed by atoms with E-state index in [1.807, 2.05) is 30.4 Å². The van der Waals surface area contributed by atoms with E-state index in [0.717, 1.165) is 24.5 Å². The SMILES string of the molecule is CCc1ccc2c(CC(=O)O[C@H](C)C(=O)NC(=O)OC)coc2c1. The Balaban J connectivity index is 1.99. The normalized spacial score (nSPS) is 11.8. The quantitative estimate of drug-likeness (QED) is 0.844. The Kier molecular flexibility index (Phi) is 5.57. The van der Waals surface area contributed by atoms with Crippen molar-refractivity contribution in [3.8, 4) is 0 Å². The molecule has 1 N–H and O–H groups in total. The minimum Gasteiger partial charge on any atom is -0.464 e. The molecule has 1 aromatic heterocycles. The van der Waals surface area contributed by atoms with E-state index in [9.17, 15) is 14.4 Å². The molecule has 0 unspecified atom stereocenters. The molecule has 0 saturated heterocycles. The van der Waals surface area contributed by atoms with E-state index in [2.05, 4.69) is 4.74 Å². The van der Waals surface area contributed by atoms with Crippen molar-refractivity contribution in [1.29, 1.82) is 0 Å². The summed E-state index contributed by atoms with van der Waals surface area (Å²) in [5.41, 5.74) is 2.52. The number of carbonyl (C=O) groups is 3. The highest BCUT2D eigenvalue weighted by Gasteiger charge is 2.21. The van der Waals surface area contributed by atoms with Crippen molar-refractivity contribution in [2.45, 2.75) is 32.8 Å². The number of furan rings is 1. The van der Waals surface area contributed by atoms with Gasteiger partial charge in [-0.15, -0.1) is 0 Å². The first kappa shape index (κ1) is 17.5. The summed E-state index contributed by atoms with van der Waals surface area (Å²) >= 11 is 0. The van der Waals surface area contributed by atoms with E-state index in [0.29, 0.717) is 11.1 Å². The predicted molar refractivity (Wildman–Crippen MR) is 85.4 cm³/mol. The Bertz CT molecular complexity index is 764. The summed E-state index contributed by atoms with van der Waals surface area (Å²) in [6.07, 6.45) is 0.344. The summed E-state index contributed by atoms with van der Waals surface area (Å²) in [5.74, 6) is -1.34. The van der Waals surface area contributed by atoms with E-state index in [-0.39, 0.29) is 6.42 Å². The molecule has 2 aromatic rings. The van der Waals surface area contributed by atoms with Gasteiger partial charge in [-0.1, -0.05) is 19.1 Å². The van der Waals surface area contributed by atoms with Gasteiger partial charge < -0.3 is 13.9 Å². The topological polar surface area (TPSA) is 94.8 Å². The molecule has 0 fully saturated rings. The van der Waals surface area contributed by atoms with Gasteiger partial charge in [-0.2, -0.15) is 0 Å². The number of hydrogen-bond donors (Lipinski definition) is 1. The van der Waals surface area contributed by atoms with Gasteiger partial charge in [-0.3, -0.25) is 14.9 Å². The Morgan fingerprint density at radius 1 is 1.29 bits per heavy atom. The van der Waals surface area contributed by atoms with Gasteiger partial charge in [0.15, 0.2) is 6.10 Å². The van der Waals surface area contributed by atoms with Crippen LogP contribution >= 0.6 is 0 Å². The molecule has 0 aliphatic rings. The third kappa shape index (κ3) is 4.13. The maximum Gasteiger partial charge on any atom is 0.413 e. The third-order valence-electron chi connectivity index (χ3n) is 3.55. The van der Waals surface area contributed by atoms with Crippen LogP contribution in [0.1, 0.15) is 25.0 Å². The van der Waals surface area contributed by atoms with Crippen LogP contribution in [0.15, 0.2) is 28.9 Å². The maximum atomic E-state index is 12.0. The maximum absolute atomic E-state index is 12.0. The summed E-state index contributed by atoms with van der Waals surface area (Å²) in [5, 5.41) is 2.77. The van der Waals surface area contributed by atoms with Crippen LogP contribution in [0.2, 0.25) is 0 Å². The number of methoxy groups -OCH3 is 1. The molecule has 2 rings (SSSR count). The molecule has 0 radical (unpaired) electrons. The molecular formula is C17H19NO6. The van der Waals surface area contributed by atoms with E-state index in [1.165, 1.54) is 13.2 Å². The molecular weight excluding hydrogens is 314 g/mol. The van der Waals surface area contributed by atoms with Crippen molar-refractivity contribution in [3.63, 3.8) is 0 Å². The van der Waals surface area contributed by atoms with Gasteiger partial charge in [0, 0.05) is 10.9 Å². The highest BCUT2D eigenvalue weighted by atomic mass is 16.6. The smallest absolute Gasteiger partial charge is 0.413 e. The molecule has 0 aliphatic carbocycles. The molecule has 128 valence electrons. The summed E-state index contributed by atoms with van der Waals surface area (Å²) in [7, 11) is 1.13. The molecule has 1 heterocycles. The van der Waals surface area contributed by atoms with Gasteiger partial charge >= 0.3 is 12.1 Å². The number of imide groups is 1. The van der Waals surface area contributed by atoms with Crippen LogP contribution in [-0.2, 0) is 31.9 Å². The Morgan fingerprint density at radius 2 is 2.04 bits per heavy atom. The second-order valence-corrected chi connectivity index (χ2v) is 5.23. The first-order valence-corrected chi connectivity index (χ1v) is 7.51. The standard InChI is InChI=1S/C17H19NO6/c1-4-11-5-6-13-12(9-23-14(13)7-11)8-15(19)24-10(2)16(20)18-17(21)22-3/h5-7,9-10H,4,8H2,1-3H3,(H,18,20,21)/t10-/m1/s1. The lowest BCUT2D eigenvalue weighted by Gasteiger charge is -2.12. The molecule has 0 spiro atoms. The largest absolute Gasteiger partial charge is 0.464 e. The van der Waals surface area contributed by atoms with Crippen LogP contribution < -0.4 is 5.32 Å². The fraction of sp³-hybridized carbons (Fsp3) is 0.353. The van der Waals surface area contributed by atoms with Crippen molar-refractivity contribution in [2.24, 2.45) is 0 Å². The number of esters is 1. The number of nitrogens with one attached hydrogen (secondary N) is 1. The first-order valence-electron chi connectivity index (χ1n) is 7.51. The molecule has 1 atom stereocenters. The monoisotopic (exact) mass is 333 g/mol. The van der Waals surface area contributed by atoms with Crippen LogP contribution in [0.4, 0.5) is 4.79 Å². The lowest BCUT2D eigenvalue weighted by atomic mass is 10.1. The number of fused-ring (bicyclic) bond motifs is 1. The lowest BCUT2D eigenvalue weighted by molar-refractivity contribution is -0.153. The van der Waals surface area contributed by atoms with Crippen LogP contribution in [0.5, 0.6) is 0 Å². The average Bonchev–Trinajstić information content (AvgIpc) is 2.96. The minimum atomic E-state index is -1.11. The third-order valence-corrected chi connectivity index (χ3v) is 3.55. The minimum absolute atomic E-state index is 0.0334. The number of aryl methyl sites for hydroxylation is 1. The van der Waals surface area contributed by atoms with Crippen LogP contribution in [0.25, 0.3) is 11.0 Å². The van der Waals surface area contributed by atoms with Crippen molar-refractivity contribution < 1.29 is 28.3 Å². The molecule has 0 bridgehead atoms. The number of rotatable bonds is 5. The Morgan fingerprint density at radius 3 is 2.71 bits per heavy atom. The zero-order valence-corrected chi connectivity index (χ0v) is 13.8. The van der Waals surface area contributed by atoms with Crippen LogP contribution in [0.3, 0.4) is 0 Å². The van der Waals surface area contributed by atoms with Crippen molar-refractivity contribution >= 4 is 28.9 Å². The zero-order chi connectivity index (χ0) is 17.7. The van der Waals surface area contributed by atoms with E-state index >= 15 is 0 Å². The molecule has 7 heteroatoms. The molecule has 2 amide bonds. The van der Waals surface area contributed by atoms with Crippen LogP contribution in [-0.4, -0.2) is 31.2 Å².